The highest BCUT2D eigenvalue weighted by atomic mass is 16.1. The Morgan fingerprint density at radius 1 is 0.636 bits per heavy atom. The number of hydrogen-bond donors (Lipinski definition) is 1. The van der Waals surface area contributed by atoms with Gasteiger partial charge in [-0.1, -0.05) is 145 Å². The minimum atomic E-state index is 0.281. The fourth-order valence-corrected chi connectivity index (χ4v) is 7.13. The van der Waals surface area contributed by atoms with Crippen molar-refractivity contribution < 1.29 is 4.79 Å². The van der Waals surface area contributed by atoms with Crippen LogP contribution in [0.25, 0.3) is 0 Å². The Labute approximate surface area is 207 Å². The average Bonchev–Trinajstić information content (AvgIpc) is 2.73. The Morgan fingerprint density at radius 3 is 1.64 bits per heavy atom. The Morgan fingerprint density at radius 2 is 1.09 bits per heavy atom. The number of carbonyl (C=O) groups is 1. The standard InChI is InChI=1S/C29H53B2NO/c1-24(22-23-32-29(33)31-28-18-10-6-3-7-11-19-28)25-14-12-20-27(21-13-15-25)30-26-16-8-4-2-5-9-17-26/h25-28,30-31H,1-23H2,(H,32,33). The van der Waals surface area contributed by atoms with E-state index in [4.69, 9.17) is 0 Å². The maximum absolute atomic E-state index is 12.5. The lowest BCUT2D eigenvalue weighted by Gasteiger charge is -2.28. The van der Waals surface area contributed by atoms with Crippen LogP contribution in [0.15, 0.2) is 12.2 Å². The monoisotopic (exact) mass is 453 g/mol. The lowest BCUT2D eigenvalue weighted by Crippen LogP contribution is -2.31. The van der Waals surface area contributed by atoms with Gasteiger partial charge >= 0.3 is 0 Å². The lowest BCUT2D eigenvalue weighted by molar-refractivity contribution is 0.258. The molecule has 1 N–H and O–H groups in total. The molecule has 0 aliphatic heterocycles. The van der Waals surface area contributed by atoms with Gasteiger partial charge in [-0.15, -0.1) is 0 Å². The summed E-state index contributed by atoms with van der Waals surface area (Å²) in [5.41, 5.74) is 1.40. The Kier molecular flexibility index (Phi) is 13.1. The van der Waals surface area contributed by atoms with Crippen LogP contribution >= 0.6 is 0 Å². The molecule has 1 amide bonds. The molecule has 0 heterocycles. The minimum absolute atomic E-state index is 0.281. The fraction of sp³-hybridized carbons (Fsp3) is 0.897. The van der Waals surface area contributed by atoms with Crippen molar-refractivity contribution in [3.8, 4) is 0 Å². The maximum atomic E-state index is 12.5. The van der Waals surface area contributed by atoms with Gasteiger partial charge in [0.15, 0.2) is 5.81 Å². The predicted octanol–water partition coefficient (Wildman–Crippen LogP) is 8.34. The van der Waals surface area contributed by atoms with Gasteiger partial charge in [0.25, 0.3) is 0 Å². The third kappa shape index (κ3) is 11.1. The Balaban J connectivity index is 1.29. The molecule has 0 aromatic heterocycles. The van der Waals surface area contributed by atoms with E-state index in [-0.39, 0.29) is 5.81 Å². The molecule has 0 unspecified atom stereocenters. The second-order valence-corrected chi connectivity index (χ2v) is 12.0. The molecule has 0 bridgehead atoms. The largest absolute Gasteiger partial charge is 0.365 e. The number of rotatable bonds is 8. The molecule has 3 fully saturated rings. The van der Waals surface area contributed by atoms with Gasteiger partial charge < -0.3 is 5.32 Å². The zero-order chi connectivity index (χ0) is 23.1. The second-order valence-electron chi connectivity index (χ2n) is 12.0. The van der Waals surface area contributed by atoms with Gasteiger partial charge in [0.2, 0.25) is 7.28 Å². The van der Waals surface area contributed by atoms with Crippen LogP contribution < -0.4 is 5.32 Å². The first-order valence-corrected chi connectivity index (χ1v) is 15.1. The molecular formula is C29H53B2NO. The molecule has 4 heteroatoms. The molecule has 33 heavy (non-hydrogen) atoms. The van der Waals surface area contributed by atoms with Crippen molar-refractivity contribution in [3.05, 3.63) is 12.2 Å². The summed E-state index contributed by atoms with van der Waals surface area (Å²) in [6, 6.07) is 0. The lowest BCUT2D eigenvalue weighted by atomic mass is 9.49. The van der Waals surface area contributed by atoms with E-state index >= 15 is 0 Å². The highest BCUT2D eigenvalue weighted by Crippen LogP contribution is 2.37. The maximum Gasteiger partial charge on any atom is 0.236 e. The molecule has 3 aliphatic carbocycles. The van der Waals surface area contributed by atoms with E-state index in [0.29, 0.717) is 11.7 Å². The van der Waals surface area contributed by atoms with Gasteiger partial charge in [-0.3, -0.25) is 4.79 Å². The Hall–Kier alpha value is -0.660. The van der Waals surface area contributed by atoms with Crippen molar-refractivity contribution in [1.82, 2.24) is 5.32 Å². The predicted molar refractivity (Wildman–Crippen MR) is 149 cm³/mol. The summed E-state index contributed by atoms with van der Waals surface area (Å²) in [6.07, 6.45) is 29.0. The van der Waals surface area contributed by atoms with E-state index in [1.54, 1.807) is 0 Å². The van der Waals surface area contributed by atoms with E-state index in [0.717, 1.165) is 31.9 Å². The fourth-order valence-electron chi connectivity index (χ4n) is 7.13. The topological polar surface area (TPSA) is 29.1 Å². The van der Waals surface area contributed by atoms with Crippen molar-refractivity contribution in [2.75, 3.05) is 6.54 Å². The van der Waals surface area contributed by atoms with E-state index in [2.05, 4.69) is 11.9 Å². The highest BCUT2D eigenvalue weighted by Gasteiger charge is 2.23. The third-order valence-electron chi connectivity index (χ3n) is 9.27. The molecule has 0 aromatic carbocycles. The van der Waals surface area contributed by atoms with Gasteiger partial charge in [-0.25, -0.2) is 0 Å². The van der Waals surface area contributed by atoms with Crippen molar-refractivity contribution >= 4 is 20.4 Å². The molecule has 0 saturated heterocycles. The first-order valence-electron chi connectivity index (χ1n) is 15.1. The van der Waals surface area contributed by atoms with Crippen LogP contribution in [0.5, 0.6) is 0 Å². The average molecular weight is 453 g/mol. The molecule has 0 spiro atoms. The molecule has 3 rings (SSSR count). The summed E-state index contributed by atoms with van der Waals surface area (Å²) in [5, 5.41) is 3.23. The van der Waals surface area contributed by atoms with E-state index in [9.17, 15) is 4.79 Å². The molecule has 0 radical (unpaired) electrons. The van der Waals surface area contributed by atoms with Crippen LogP contribution in [-0.4, -0.2) is 26.9 Å². The number of hydrogen-bond acceptors (Lipinski definition) is 1. The molecule has 3 saturated carbocycles. The molecule has 186 valence electrons. The van der Waals surface area contributed by atoms with Crippen LogP contribution in [0.4, 0.5) is 4.79 Å². The zero-order valence-electron chi connectivity index (χ0n) is 21.9. The van der Waals surface area contributed by atoms with Gasteiger partial charge in [0.05, 0.1) is 0 Å². The highest BCUT2D eigenvalue weighted by molar-refractivity contribution is 6.74. The molecular weight excluding hydrogens is 400 g/mol. The van der Waals surface area contributed by atoms with Crippen molar-refractivity contribution in [1.29, 1.82) is 0 Å². The van der Waals surface area contributed by atoms with Gasteiger partial charge in [0, 0.05) is 6.54 Å². The molecule has 0 aromatic rings. The smallest absolute Gasteiger partial charge is 0.236 e. The molecule has 3 aliphatic rings. The van der Waals surface area contributed by atoms with E-state index in [1.807, 2.05) is 0 Å². The quantitative estimate of drug-likeness (QED) is 0.290. The van der Waals surface area contributed by atoms with Crippen molar-refractivity contribution in [3.63, 3.8) is 0 Å². The van der Waals surface area contributed by atoms with Crippen LogP contribution in [0.1, 0.15) is 135 Å². The SMILES string of the molecule is C=C(CCNC(=O)BC1CCCCCCC1)C1CCCC(BC2CCCCCCC2)CCC1. The first-order chi connectivity index (χ1) is 16.2. The van der Waals surface area contributed by atoms with E-state index < -0.39 is 0 Å². The number of amides is 1. The van der Waals surface area contributed by atoms with Crippen LogP contribution in [0.3, 0.4) is 0 Å². The van der Waals surface area contributed by atoms with Crippen LogP contribution in [0, 0.1) is 5.92 Å². The third-order valence-corrected chi connectivity index (χ3v) is 9.27. The van der Waals surface area contributed by atoms with Crippen molar-refractivity contribution in [2.24, 2.45) is 5.92 Å². The summed E-state index contributed by atoms with van der Waals surface area (Å²) >= 11 is 0. The second kappa shape index (κ2) is 16.1. The Bertz CT molecular complexity index is 540. The minimum Gasteiger partial charge on any atom is -0.365 e. The number of nitrogens with one attached hydrogen (secondary N) is 1. The van der Waals surface area contributed by atoms with Gasteiger partial charge in [0.1, 0.15) is 7.28 Å². The van der Waals surface area contributed by atoms with E-state index in [1.165, 1.54) is 141 Å². The summed E-state index contributed by atoms with van der Waals surface area (Å²) < 4.78 is 0. The number of carbonyl (C=O) groups excluding carboxylic acids is 1. The zero-order valence-corrected chi connectivity index (χ0v) is 21.9. The van der Waals surface area contributed by atoms with Crippen molar-refractivity contribution in [2.45, 2.75) is 152 Å². The molecule has 2 nitrogen and oxygen atoms in total. The summed E-state index contributed by atoms with van der Waals surface area (Å²) in [6.45, 7) is 5.26. The summed E-state index contributed by atoms with van der Waals surface area (Å²) in [4.78, 5) is 12.5. The normalized spacial score (nSPS) is 27.0. The van der Waals surface area contributed by atoms with Crippen LogP contribution in [-0.2, 0) is 0 Å². The summed E-state index contributed by atoms with van der Waals surface area (Å²) in [5.74, 6) is 3.59. The van der Waals surface area contributed by atoms with Crippen LogP contribution in [0.2, 0.25) is 17.5 Å². The molecule has 0 atom stereocenters. The summed E-state index contributed by atoms with van der Waals surface area (Å²) in [7, 11) is 2.26. The van der Waals surface area contributed by atoms with Gasteiger partial charge in [-0.2, -0.15) is 0 Å². The van der Waals surface area contributed by atoms with Gasteiger partial charge in [-0.05, 0) is 25.2 Å². The first kappa shape index (κ1) is 26.9.